The van der Waals surface area contributed by atoms with Gasteiger partial charge in [0.05, 0.1) is 5.52 Å². The molecule has 1 atom stereocenters. The van der Waals surface area contributed by atoms with Crippen molar-refractivity contribution in [3.05, 3.63) is 24.3 Å². The van der Waals surface area contributed by atoms with Crippen LogP contribution in [0.4, 0.5) is 5.00 Å². The lowest BCUT2D eigenvalue weighted by atomic mass is 10.0. The molecule has 1 unspecified atom stereocenters. The molecular formula is C14H21N3S. The largest absolute Gasteiger partial charge is 0.365 e. The van der Waals surface area contributed by atoms with Crippen molar-refractivity contribution in [2.45, 2.75) is 26.3 Å². The number of nitrogens with zero attached hydrogens (tertiary/aromatic N) is 2. The monoisotopic (exact) mass is 263 g/mol. The van der Waals surface area contributed by atoms with E-state index >= 15 is 0 Å². The van der Waals surface area contributed by atoms with E-state index in [0.717, 1.165) is 18.5 Å². The lowest BCUT2D eigenvalue weighted by molar-refractivity contribution is 0.466. The Labute approximate surface area is 113 Å². The summed E-state index contributed by atoms with van der Waals surface area (Å²) in [5.74, 6) is 0.539. The highest BCUT2D eigenvalue weighted by molar-refractivity contribution is 7.11. The fourth-order valence-electron chi connectivity index (χ4n) is 1.93. The fourth-order valence-corrected chi connectivity index (χ4v) is 2.77. The highest BCUT2D eigenvalue weighted by atomic mass is 32.1. The molecule has 1 heterocycles. The van der Waals surface area contributed by atoms with Crippen molar-refractivity contribution in [3.63, 3.8) is 0 Å². The van der Waals surface area contributed by atoms with E-state index in [0.29, 0.717) is 5.92 Å². The van der Waals surface area contributed by atoms with E-state index in [4.69, 9.17) is 5.73 Å². The van der Waals surface area contributed by atoms with Crippen LogP contribution < -0.4 is 10.6 Å². The molecule has 0 bridgehead atoms. The SMILES string of the molecule is CC(C)C(N)CCN(C)c1snc2ccccc12. The lowest BCUT2D eigenvalue weighted by Gasteiger charge is -2.21. The first kappa shape index (κ1) is 13.3. The molecule has 2 aromatic rings. The molecule has 0 aliphatic heterocycles. The summed E-state index contributed by atoms with van der Waals surface area (Å²) in [5, 5.41) is 2.48. The maximum atomic E-state index is 6.09. The minimum atomic E-state index is 0.270. The van der Waals surface area contributed by atoms with Crippen LogP contribution in [0.25, 0.3) is 10.9 Å². The Balaban J connectivity index is 2.07. The van der Waals surface area contributed by atoms with E-state index in [-0.39, 0.29) is 6.04 Å². The number of nitrogens with two attached hydrogens (primary N) is 1. The normalized spacial score (nSPS) is 13.2. The average Bonchev–Trinajstić information content (AvgIpc) is 2.79. The van der Waals surface area contributed by atoms with Gasteiger partial charge in [-0.25, -0.2) is 0 Å². The van der Waals surface area contributed by atoms with Crippen LogP contribution in [0.5, 0.6) is 0 Å². The number of anilines is 1. The standard InChI is InChI=1S/C14H21N3S/c1-10(2)12(15)8-9-17(3)14-11-6-4-5-7-13(11)16-18-14/h4-7,10,12H,8-9,15H2,1-3H3. The summed E-state index contributed by atoms with van der Waals surface area (Å²) in [7, 11) is 2.12. The molecule has 3 nitrogen and oxygen atoms in total. The van der Waals surface area contributed by atoms with Crippen molar-refractivity contribution in [2.24, 2.45) is 11.7 Å². The van der Waals surface area contributed by atoms with Crippen LogP contribution in [0, 0.1) is 5.92 Å². The molecule has 2 N–H and O–H groups in total. The Hall–Kier alpha value is -1.13. The van der Waals surface area contributed by atoms with Crippen LogP contribution in [0.2, 0.25) is 0 Å². The van der Waals surface area contributed by atoms with Crippen molar-refractivity contribution >= 4 is 27.4 Å². The van der Waals surface area contributed by atoms with Crippen LogP contribution in [-0.4, -0.2) is 24.0 Å². The van der Waals surface area contributed by atoms with Gasteiger partial charge in [0.25, 0.3) is 0 Å². The van der Waals surface area contributed by atoms with E-state index < -0.39 is 0 Å². The first-order valence-corrected chi connectivity index (χ1v) is 7.18. The van der Waals surface area contributed by atoms with E-state index in [1.54, 1.807) is 11.5 Å². The van der Waals surface area contributed by atoms with Crippen molar-refractivity contribution in [1.82, 2.24) is 4.37 Å². The van der Waals surface area contributed by atoms with Crippen molar-refractivity contribution in [2.75, 3.05) is 18.5 Å². The maximum Gasteiger partial charge on any atom is 0.119 e. The predicted molar refractivity (Wildman–Crippen MR) is 80.3 cm³/mol. The van der Waals surface area contributed by atoms with E-state index in [9.17, 15) is 0 Å². The Kier molecular flexibility index (Phi) is 4.19. The number of benzene rings is 1. The van der Waals surface area contributed by atoms with Crippen molar-refractivity contribution < 1.29 is 0 Å². The average molecular weight is 263 g/mol. The summed E-state index contributed by atoms with van der Waals surface area (Å²) >= 11 is 1.57. The quantitative estimate of drug-likeness (QED) is 0.901. The zero-order chi connectivity index (χ0) is 13.1. The zero-order valence-electron chi connectivity index (χ0n) is 11.3. The van der Waals surface area contributed by atoms with Gasteiger partial charge in [-0.1, -0.05) is 26.0 Å². The third kappa shape index (κ3) is 2.82. The topological polar surface area (TPSA) is 42.1 Å². The second-order valence-electron chi connectivity index (χ2n) is 5.12. The van der Waals surface area contributed by atoms with Gasteiger partial charge < -0.3 is 10.6 Å². The molecule has 1 aromatic heterocycles. The molecule has 0 saturated carbocycles. The van der Waals surface area contributed by atoms with Gasteiger partial charge in [-0.2, -0.15) is 4.37 Å². The molecule has 18 heavy (non-hydrogen) atoms. The van der Waals surface area contributed by atoms with Gasteiger partial charge in [0.15, 0.2) is 0 Å². The lowest BCUT2D eigenvalue weighted by Crippen LogP contribution is -2.31. The van der Waals surface area contributed by atoms with E-state index in [1.807, 2.05) is 6.07 Å². The molecule has 0 radical (unpaired) electrons. The summed E-state index contributed by atoms with van der Waals surface area (Å²) in [4.78, 5) is 2.27. The Morgan fingerprint density at radius 1 is 1.33 bits per heavy atom. The van der Waals surface area contributed by atoms with Gasteiger partial charge in [0.2, 0.25) is 0 Å². The summed E-state index contributed by atoms with van der Waals surface area (Å²) in [5.41, 5.74) is 7.17. The molecular weight excluding hydrogens is 242 g/mol. The molecule has 0 spiro atoms. The zero-order valence-corrected chi connectivity index (χ0v) is 12.1. The fraction of sp³-hybridized carbons (Fsp3) is 0.500. The van der Waals surface area contributed by atoms with Crippen molar-refractivity contribution in [3.8, 4) is 0 Å². The van der Waals surface area contributed by atoms with Gasteiger partial charge in [0.1, 0.15) is 5.00 Å². The van der Waals surface area contributed by atoms with E-state index in [2.05, 4.69) is 48.4 Å². The second kappa shape index (κ2) is 5.67. The second-order valence-corrected chi connectivity index (χ2v) is 5.87. The highest BCUT2D eigenvalue weighted by Crippen LogP contribution is 2.30. The first-order chi connectivity index (χ1) is 8.59. The molecule has 0 aliphatic carbocycles. The van der Waals surface area contributed by atoms with Crippen LogP contribution in [-0.2, 0) is 0 Å². The van der Waals surface area contributed by atoms with Crippen LogP contribution in [0.1, 0.15) is 20.3 Å². The maximum absolute atomic E-state index is 6.09. The van der Waals surface area contributed by atoms with Crippen LogP contribution in [0.15, 0.2) is 24.3 Å². The Bertz CT molecular complexity index is 506. The van der Waals surface area contributed by atoms with Gasteiger partial charge in [-0.3, -0.25) is 0 Å². The minimum absolute atomic E-state index is 0.270. The molecule has 2 rings (SSSR count). The van der Waals surface area contributed by atoms with Crippen molar-refractivity contribution in [1.29, 1.82) is 0 Å². The molecule has 0 amide bonds. The number of hydrogen-bond donors (Lipinski definition) is 1. The van der Waals surface area contributed by atoms with Gasteiger partial charge in [-0.15, -0.1) is 0 Å². The molecule has 0 fully saturated rings. The number of rotatable bonds is 5. The van der Waals surface area contributed by atoms with E-state index in [1.165, 1.54) is 10.4 Å². The molecule has 98 valence electrons. The summed E-state index contributed by atoms with van der Waals surface area (Å²) < 4.78 is 4.47. The molecule has 0 aliphatic rings. The van der Waals surface area contributed by atoms with Gasteiger partial charge in [-0.05, 0) is 36.0 Å². The molecule has 4 heteroatoms. The number of aromatic nitrogens is 1. The minimum Gasteiger partial charge on any atom is -0.365 e. The van der Waals surface area contributed by atoms with Crippen LogP contribution >= 0.6 is 11.5 Å². The van der Waals surface area contributed by atoms with Gasteiger partial charge in [0, 0.05) is 25.0 Å². The van der Waals surface area contributed by atoms with Crippen LogP contribution in [0.3, 0.4) is 0 Å². The Morgan fingerprint density at radius 3 is 2.78 bits per heavy atom. The third-order valence-electron chi connectivity index (χ3n) is 3.37. The Morgan fingerprint density at radius 2 is 2.06 bits per heavy atom. The number of fused-ring (bicyclic) bond motifs is 1. The highest BCUT2D eigenvalue weighted by Gasteiger charge is 2.12. The number of hydrogen-bond acceptors (Lipinski definition) is 4. The third-order valence-corrected chi connectivity index (χ3v) is 4.36. The predicted octanol–water partition coefficient (Wildman–Crippen LogP) is 3.11. The smallest absolute Gasteiger partial charge is 0.119 e. The molecule has 0 saturated heterocycles. The summed E-state index contributed by atoms with van der Waals surface area (Å²) in [6, 6.07) is 8.55. The summed E-state index contributed by atoms with van der Waals surface area (Å²) in [6.45, 7) is 5.32. The first-order valence-electron chi connectivity index (χ1n) is 6.40. The molecule has 1 aromatic carbocycles. The van der Waals surface area contributed by atoms with Gasteiger partial charge >= 0.3 is 0 Å². The summed E-state index contributed by atoms with van der Waals surface area (Å²) in [6.07, 6.45) is 1.01.